The first kappa shape index (κ1) is 26.9. The molecule has 3 N–H and O–H groups in total. The summed E-state index contributed by atoms with van der Waals surface area (Å²) in [4.78, 5) is 28.8. The van der Waals surface area contributed by atoms with Gasteiger partial charge in [-0.2, -0.15) is 11.8 Å². The number of nitrogens with one attached hydrogen (secondary N) is 2. The Balaban J connectivity index is 0.00000385. The van der Waals surface area contributed by atoms with Crippen LogP contribution in [0.2, 0.25) is 0 Å². The van der Waals surface area contributed by atoms with Crippen molar-refractivity contribution in [2.24, 2.45) is 0 Å². The fourth-order valence-electron chi connectivity index (χ4n) is 3.33. The number of aliphatic carboxylic acids is 1. The molecule has 1 atom stereocenters. The van der Waals surface area contributed by atoms with Gasteiger partial charge in [-0.25, -0.2) is 4.79 Å². The van der Waals surface area contributed by atoms with Crippen molar-refractivity contribution in [3.05, 3.63) is 83.7 Å². The van der Waals surface area contributed by atoms with Crippen LogP contribution in [0.5, 0.6) is 0 Å². The summed E-state index contributed by atoms with van der Waals surface area (Å²) >= 11 is 1.55. The number of aryl methyl sites for hydroxylation is 1. The molecule has 0 spiro atoms. The number of thioether (sulfide) groups is 1. The number of carboxylic acids is 1. The van der Waals surface area contributed by atoms with Gasteiger partial charge in [-0.3, -0.25) is 9.78 Å². The molecular formula is C25H27N3NaO3S. The largest absolute Gasteiger partial charge is 0.480 e. The number of aromatic nitrogens is 1. The van der Waals surface area contributed by atoms with Gasteiger partial charge >= 0.3 is 5.97 Å². The van der Waals surface area contributed by atoms with Crippen molar-refractivity contribution in [1.29, 1.82) is 0 Å². The predicted molar refractivity (Wildman–Crippen MR) is 136 cm³/mol. The minimum absolute atomic E-state index is 0. The van der Waals surface area contributed by atoms with E-state index in [1.54, 1.807) is 30.2 Å². The summed E-state index contributed by atoms with van der Waals surface area (Å²) in [5.74, 6) is -0.762. The van der Waals surface area contributed by atoms with Crippen LogP contribution in [0.1, 0.15) is 27.9 Å². The molecule has 0 bridgehead atoms. The van der Waals surface area contributed by atoms with Crippen molar-refractivity contribution in [1.82, 2.24) is 10.3 Å². The average molecular weight is 473 g/mol. The molecule has 0 aliphatic carbocycles. The van der Waals surface area contributed by atoms with Gasteiger partial charge in [0, 0.05) is 47.9 Å². The summed E-state index contributed by atoms with van der Waals surface area (Å²) in [6.45, 7) is 2.59. The number of carboxylic acid groups (broad SMARTS) is 1. The molecule has 1 amide bonds. The van der Waals surface area contributed by atoms with Crippen molar-refractivity contribution in [2.75, 3.05) is 17.3 Å². The zero-order valence-electron chi connectivity index (χ0n) is 19.2. The van der Waals surface area contributed by atoms with Crippen LogP contribution in [0.3, 0.4) is 0 Å². The first-order valence-electron chi connectivity index (χ1n) is 10.3. The summed E-state index contributed by atoms with van der Waals surface area (Å²) in [5.41, 5.74) is 5.17. The minimum atomic E-state index is -1.03. The van der Waals surface area contributed by atoms with E-state index < -0.39 is 12.0 Å². The number of hydrogen-bond donors (Lipinski definition) is 3. The number of benzene rings is 2. The van der Waals surface area contributed by atoms with Crippen molar-refractivity contribution >= 4 is 58.9 Å². The Morgan fingerprint density at radius 1 is 1.12 bits per heavy atom. The van der Waals surface area contributed by atoms with E-state index in [1.807, 2.05) is 61.7 Å². The normalized spacial score (nSPS) is 11.2. The molecule has 0 fully saturated rings. The van der Waals surface area contributed by atoms with E-state index in [-0.39, 0.29) is 35.5 Å². The topological polar surface area (TPSA) is 91.3 Å². The molecule has 0 saturated heterocycles. The first-order chi connectivity index (χ1) is 15.5. The van der Waals surface area contributed by atoms with E-state index in [9.17, 15) is 14.7 Å². The molecular weight excluding hydrogens is 445 g/mol. The van der Waals surface area contributed by atoms with E-state index in [1.165, 1.54) is 0 Å². The Kier molecular flexibility index (Phi) is 10.9. The van der Waals surface area contributed by atoms with Crippen molar-refractivity contribution in [3.63, 3.8) is 0 Å². The molecule has 1 radical (unpaired) electrons. The molecule has 3 aromatic rings. The van der Waals surface area contributed by atoms with E-state index >= 15 is 0 Å². The molecule has 0 saturated carbocycles. The Labute approximate surface area is 220 Å². The van der Waals surface area contributed by atoms with E-state index in [2.05, 4.69) is 15.6 Å². The van der Waals surface area contributed by atoms with Gasteiger partial charge in [-0.05, 0) is 65.8 Å². The predicted octanol–water partition coefficient (Wildman–Crippen LogP) is 4.22. The van der Waals surface area contributed by atoms with Crippen LogP contribution in [0.4, 0.5) is 5.69 Å². The third-order valence-corrected chi connectivity index (χ3v) is 5.79. The third-order valence-electron chi connectivity index (χ3n) is 5.15. The number of nitrogens with zero attached hydrogens (tertiary/aromatic N) is 1. The van der Waals surface area contributed by atoms with Crippen LogP contribution < -0.4 is 10.6 Å². The summed E-state index contributed by atoms with van der Waals surface area (Å²) in [6.07, 6.45) is 5.82. The maximum absolute atomic E-state index is 13.0. The summed E-state index contributed by atoms with van der Waals surface area (Å²) < 4.78 is 0. The van der Waals surface area contributed by atoms with Crippen LogP contribution in [0, 0.1) is 6.92 Å². The second-order valence-electron chi connectivity index (χ2n) is 7.44. The number of rotatable bonds is 10. The Morgan fingerprint density at radius 2 is 1.88 bits per heavy atom. The van der Waals surface area contributed by atoms with Gasteiger partial charge in [0.15, 0.2) is 0 Å². The Hall–Kier alpha value is -2.32. The number of hydrogen-bond acceptors (Lipinski definition) is 5. The molecule has 8 heteroatoms. The van der Waals surface area contributed by atoms with Crippen molar-refractivity contribution in [3.8, 4) is 11.1 Å². The van der Waals surface area contributed by atoms with Crippen LogP contribution in [-0.2, 0) is 11.3 Å². The molecule has 2 aromatic carbocycles. The number of amides is 1. The Bertz CT molecular complexity index is 1080. The van der Waals surface area contributed by atoms with Crippen molar-refractivity contribution < 1.29 is 14.7 Å². The minimum Gasteiger partial charge on any atom is -0.480 e. The van der Waals surface area contributed by atoms with Gasteiger partial charge < -0.3 is 15.7 Å². The average Bonchev–Trinajstić information content (AvgIpc) is 2.81. The standard InChI is InChI=1S/C25H27N3O3S.Na/c1-17-10-12-26-16-23(17)27-15-18-8-9-20(21(14-18)19-6-4-3-5-7-19)24(29)28-22(25(30)31)11-13-32-2;/h3-10,12,14,16,22,27H,11,13,15H2,1-2H3,(H,28,29)(H,30,31);/t22-;/m0./s1. The number of pyridine rings is 1. The second kappa shape index (κ2) is 13.4. The summed E-state index contributed by atoms with van der Waals surface area (Å²) in [6, 6.07) is 16.3. The Morgan fingerprint density at radius 3 is 2.55 bits per heavy atom. The van der Waals surface area contributed by atoms with Crippen LogP contribution >= 0.6 is 11.8 Å². The molecule has 1 aromatic heterocycles. The molecule has 3 rings (SSSR count). The maximum atomic E-state index is 13.0. The number of carbonyl (C=O) groups is 2. The van der Waals surface area contributed by atoms with Gasteiger partial charge in [0.05, 0.1) is 11.9 Å². The maximum Gasteiger partial charge on any atom is 0.326 e. The van der Waals surface area contributed by atoms with E-state index in [0.29, 0.717) is 24.3 Å². The second-order valence-corrected chi connectivity index (χ2v) is 8.42. The van der Waals surface area contributed by atoms with Gasteiger partial charge in [0.2, 0.25) is 0 Å². The first-order valence-corrected chi connectivity index (χ1v) is 11.7. The van der Waals surface area contributed by atoms with Crippen molar-refractivity contribution in [2.45, 2.75) is 25.9 Å². The van der Waals surface area contributed by atoms with Crippen LogP contribution in [0.25, 0.3) is 11.1 Å². The molecule has 0 aliphatic heterocycles. The molecule has 0 unspecified atom stereocenters. The zero-order chi connectivity index (χ0) is 22.9. The van der Waals surface area contributed by atoms with Gasteiger partial charge in [-0.15, -0.1) is 0 Å². The van der Waals surface area contributed by atoms with E-state index in [4.69, 9.17) is 0 Å². The third kappa shape index (κ3) is 7.61. The number of anilines is 1. The molecule has 1 heterocycles. The number of carbonyl (C=O) groups excluding carboxylic acids is 1. The van der Waals surface area contributed by atoms with E-state index in [0.717, 1.165) is 27.9 Å². The SMILES string of the molecule is CSCC[C@H](NC(=O)c1ccc(CNc2cnccc2C)cc1-c1ccccc1)C(=O)O.[Na]. The van der Waals surface area contributed by atoms with Gasteiger partial charge in [0.1, 0.15) is 6.04 Å². The quantitative estimate of drug-likeness (QED) is 0.383. The van der Waals surface area contributed by atoms with Gasteiger partial charge in [-0.1, -0.05) is 36.4 Å². The zero-order valence-corrected chi connectivity index (χ0v) is 22.0. The smallest absolute Gasteiger partial charge is 0.326 e. The molecule has 167 valence electrons. The fraction of sp³-hybridized carbons (Fsp3) is 0.240. The molecule has 6 nitrogen and oxygen atoms in total. The summed E-state index contributed by atoms with van der Waals surface area (Å²) in [5, 5.41) is 15.6. The van der Waals surface area contributed by atoms with Crippen LogP contribution in [0.15, 0.2) is 67.0 Å². The summed E-state index contributed by atoms with van der Waals surface area (Å²) in [7, 11) is 0. The molecule has 33 heavy (non-hydrogen) atoms. The fourth-order valence-corrected chi connectivity index (χ4v) is 3.80. The van der Waals surface area contributed by atoms with Gasteiger partial charge in [0.25, 0.3) is 5.91 Å². The monoisotopic (exact) mass is 472 g/mol. The van der Waals surface area contributed by atoms with Crippen LogP contribution in [-0.4, -0.2) is 69.6 Å². The molecule has 0 aliphatic rings.